The predicted molar refractivity (Wildman–Crippen MR) is 79.7 cm³/mol. The molecule has 6 nitrogen and oxygen atoms in total. The quantitative estimate of drug-likeness (QED) is 0.237. The minimum absolute atomic E-state index is 0.0784. The zero-order valence-electron chi connectivity index (χ0n) is 13.0. The van der Waals surface area contributed by atoms with Crippen LogP contribution in [0.1, 0.15) is 58.3 Å². The molecule has 0 saturated carbocycles. The Morgan fingerprint density at radius 1 is 0.857 bits per heavy atom. The summed E-state index contributed by atoms with van der Waals surface area (Å²) in [7, 11) is 0. The smallest absolute Gasteiger partial charge is 0.183 e. The van der Waals surface area contributed by atoms with E-state index in [1.807, 2.05) is 0 Å². The van der Waals surface area contributed by atoms with Crippen LogP contribution in [0.4, 0.5) is 0 Å². The number of unbranched alkanes of at least 4 members (excludes halogenated alkanes) is 3. The third-order valence-corrected chi connectivity index (χ3v) is 3.47. The molecule has 0 aromatic heterocycles. The van der Waals surface area contributed by atoms with E-state index in [-0.39, 0.29) is 19.6 Å². The summed E-state index contributed by atoms with van der Waals surface area (Å²) in [5.74, 6) is 0. The average molecular weight is 308 g/mol. The van der Waals surface area contributed by atoms with E-state index < -0.39 is 24.6 Å². The summed E-state index contributed by atoms with van der Waals surface area (Å²) < 4.78 is 5.03. The predicted octanol–water partition coefficient (Wildman–Crippen LogP) is 0.537. The van der Waals surface area contributed by atoms with Crippen LogP contribution >= 0.6 is 0 Å². The van der Waals surface area contributed by atoms with E-state index in [1.165, 1.54) is 6.42 Å². The van der Waals surface area contributed by atoms with Gasteiger partial charge in [-0.1, -0.05) is 32.6 Å². The van der Waals surface area contributed by atoms with Gasteiger partial charge in [0.1, 0.15) is 6.10 Å². The number of hydrogen-bond donors (Lipinski definition) is 5. The van der Waals surface area contributed by atoms with E-state index in [2.05, 4.69) is 6.92 Å². The molecule has 4 unspecified atom stereocenters. The number of aliphatic hydroxyl groups is 5. The maximum absolute atomic E-state index is 9.72. The summed E-state index contributed by atoms with van der Waals surface area (Å²) in [6, 6.07) is 0. The zero-order valence-corrected chi connectivity index (χ0v) is 13.0. The first-order chi connectivity index (χ1) is 10.0. The summed E-state index contributed by atoms with van der Waals surface area (Å²) >= 11 is 0. The van der Waals surface area contributed by atoms with E-state index in [1.54, 1.807) is 0 Å². The lowest BCUT2D eigenvalue weighted by atomic mass is 10.1. The first-order valence-corrected chi connectivity index (χ1v) is 7.97. The zero-order chi connectivity index (χ0) is 16.1. The second-order valence-corrected chi connectivity index (χ2v) is 5.48. The van der Waals surface area contributed by atoms with Gasteiger partial charge in [-0.05, 0) is 25.7 Å². The third kappa shape index (κ3) is 11.0. The van der Waals surface area contributed by atoms with Gasteiger partial charge in [-0.2, -0.15) is 0 Å². The van der Waals surface area contributed by atoms with E-state index in [4.69, 9.17) is 9.84 Å². The molecule has 6 heteroatoms. The van der Waals surface area contributed by atoms with Crippen molar-refractivity contribution in [1.82, 2.24) is 0 Å². The molecule has 0 saturated heterocycles. The largest absolute Gasteiger partial charge is 0.396 e. The maximum atomic E-state index is 9.72. The molecule has 0 aliphatic rings. The lowest BCUT2D eigenvalue weighted by Crippen LogP contribution is -2.39. The van der Waals surface area contributed by atoms with Crippen LogP contribution in [0, 0.1) is 0 Å². The van der Waals surface area contributed by atoms with Gasteiger partial charge in [0.15, 0.2) is 6.29 Å². The van der Waals surface area contributed by atoms with Gasteiger partial charge < -0.3 is 30.3 Å². The number of aliphatic hydroxyl groups excluding tert-OH is 5. The molecule has 4 atom stereocenters. The lowest BCUT2D eigenvalue weighted by molar-refractivity contribution is -0.191. The molecule has 128 valence electrons. The first-order valence-electron chi connectivity index (χ1n) is 7.97. The summed E-state index contributed by atoms with van der Waals surface area (Å²) in [4.78, 5) is 0. The summed E-state index contributed by atoms with van der Waals surface area (Å²) in [6.45, 7) is 2.18. The molecule has 0 aromatic carbocycles. The molecular weight excluding hydrogens is 276 g/mol. The molecular formula is C15H32O6. The second kappa shape index (κ2) is 13.4. The van der Waals surface area contributed by atoms with Crippen LogP contribution in [0.3, 0.4) is 0 Å². The Morgan fingerprint density at radius 2 is 1.57 bits per heavy atom. The highest BCUT2D eigenvalue weighted by atomic mass is 16.6. The van der Waals surface area contributed by atoms with Crippen LogP contribution in [0.15, 0.2) is 0 Å². The Morgan fingerprint density at radius 3 is 2.19 bits per heavy atom. The Balaban J connectivity index is 3.69. The van der Waals surface area contributed by atoms with Crippen molar-refractivity contribution in [2.24, 2.45) is 0 Å². The lowest BCUT2D eigenvalue weighted by Gasteiger charge is -2.23. The van der Waals surface area contributed by atoms with Crippen molar-refractivity contribution in [1.29, 1.82) is 0 Å². The van der Waals surface area contributed by atoms with Gasteiger partial charge in [-0.25, -0.2) is 0 Å². The fraction of sp³-hybridized carbons (Fsp3) is 1.00. The van der Waals surface area contributed by atoms with Gasteiger partial charge >= 0.3 is 0 Å². The van der Waals surface area contributed by atoms with E-state index in [0.29, 0.717) is 19.3 Å². The molecule has 0 spiro atoms. The van der Waals surface area contributed by atoms with Crippen LogP contribution in [-0.2, 0) is 4.74 Å². The minimum atomic E-state index is -1.48. The minimum Gasteiger partial charge on any atom is -0.396 e. The van der Waals surface area contributed by atoms with Gasteiger partial charge in [0.05, 0.1) is 18.8 Å². The van der Waals surface area contributed by atoms with Gasteiger partial charge in [-0.15, -0.1) is 0 Å². The van der Waals surface area contributed by atoms with Crippen LogP contribution < -0.4 is 0 Å². The van der Waals surface area contributed by atoms with Crippen molar-refractivity contribution in [3.05, 3.63) is 0 Å². The highest BCUT2D eigenvalue weighted by Gasteiger charge is 2.24. The van der Waals surface area contributed by atoms with Gasteiger partial charge in [0, 0.05) is 6.61 Å². The molecule has 0 amide bonds. The fourth-order valence-corrected chi connectivity index (χ4v) is 2.04. The van der Waals surface area contributed by atoms with E-state index >= 15 is 0 Å². The average Bonchev–Trinajstić information content (AvgIpc) is 2.48. The molecule has 0 radical (unpaired) electrons. The number of rotatable bonds is 14. The fourth-order valence-electron chi connectivity index (χ4n) is 2.04. The maximum Gasteiger partial charge on any atom is 0.183 e. The standard InChI is InChI=1S/C15H32O6/c1-2-3-4-5-7-12(17)9-11-21-15(20)14(19)13(18)8-6-10-16/h12-20H,2-11H2,1H3. The van der Waals surface area contributed by atoms with Crippen molar-refractivity contribution >= 4 is 0 Å². The summed E-state index contributed by atoms with van der Waals surface area (Å²) in [6.07, 6.45) is 1.55. The van der Waals surface area contributed by atoms with Gasteiger partial charge in [0.25, 0.3) is 0 Å². The summed E-state index contributed by atoms with van der Waals surface area (Å²) in [5, 5.41) is 47.1. The Kier molecular flexibility index (Phi) is 13.3. The van der Waals surface area contributed by atoms with Crippen LogP contribution in [0.25, 0.3) is 0 Å². The van der Waals surface area contributed by atoms with Gasteiger partial charge in [-0.3, -0.25) is 0 Å². The third-order valence-electron chi connectivity index (χ3n) is 3.47. The SMILES string of the molecule is CCCCCCC(O)CCOC(O)C(O)C(O)CCCO. The van der Waals surface area contributed by atoms with Crippen molar-refractivity contribution in [3.8, 4) is 0 Å². The van der Waals surface area contributed by atoms with Crippen LogP contribution in [0.2, 0.25) is 0 Å². The van der Waals surface area contributed by atoms with Crippen LogP contribution in [-0.4, -0.2) is 63.3 Å². The second-order valence-electron chi connectivity index (χ2n) is 5.48. The van der Waals surface area contributed by atoms with Crippen molar-refractivity contribution < 1.29 is 30.3 Å². The molecule has 0 heterocycles. The molecule has 0 fully saturated rings. The Hall–Kier alpha value is -0.240. The van der Waals surface area contributed by atoms with E-state index in [0.717, 1.165) is 19.3 Å². The summed E-state index contributed by atoms with van der Waals surface area (Å²) in [5.41, 5.74) is 0. The topological polar surface area (TPSA) is 110 Å². The highest BCUT2D eigenvalue weighted by Crippen LogP contribution is 2.11. The molecule has 0 bridgehead atoms. The van der Waals surface area contributed by atoms with Crippen molar-refractivity contribution in [3.63, 3.8) is 0 Å². The monoisotopic (exact) mass is 308 g/mol. The number of hydrogen-bond acceptors (Lipinski definition) is 6. The normalized spacial score (nSPS) is 17.4. The Bertz CT molecular complexity index is 226. The van der Waals surface area contributed by atoms with Crippen LogP contribution in [0.5, 0.6) is 0 Å². The first kappa shape index (κ1) is 20.8. The highest BCUT2D eigenvalue weighted by molar-refractivity contribution is 4.70. The molecule has 0 rings (SSSR count). The Labute approximate surface area is 127 Å². The molecule has 21 heavy (non-hydrogen) atoms. The van der Waals surface area contributed by atoms with E-state index in [9.17, 15) is 20.4 Å². The number of ether oxygens (including phenoxy) is 1. The molecule has 5 N–H and O–H groups in total. The molecule has 0 aliphatic heterocycles. The van der Waals surface area contributed by atoms with Crippen molar-refractivity contribution in [2.45, 2.75) is 82.9 Å². The van der Waals surface area contributed by atoms with Crippen molar-refractivity contribution in [2.75, 3.05) is 13.2 Å². The molecule has 0 aliphatic carbocycles. The molecule has 0 aromatic rings. The van der Waals surface area contributed by atoms with Gasteiger partial charge in [0.2, 0.25) is 0 Å².